The summed E-state index contributed by atoms with van der Waals surface area (Å²) in [6.45, 7) is 0. The second kappa shape index (κ2) is 6.45. The summed E-state index contributed by atoms with van der Waals surface area (Å²) in [4.78, 5) is 0. The van der Waals surface area contributed by atoms with Crippen LogP contribution in [0.5, 0.6) is 0 Å². The van der Waals surface area contributed by atoms with Crippen molar-refractivity contribution in [2.45, 2.75) is 56.9 Å². The fraction of sp³-hybridized carbons (Fsp3) is 0.846. The molecule has 2 saturated carbocycles. The summed E-state index contributed by atoms with van der Waals surface area (Å²) in [5.41, 5.74) is 0.748. The van der Waals surface area contributed by atoms with Crippen LogP contribution in [0.1, 0.15) is 51.4 Å². The van der Waals surface area contributed by atoms with Gasteiger partial charge in [-0.05, 0) is 37.7 Å². The lowest BCUT2D eigenvalue weighted by atomic mass is 10.1. The highest BCUT2D eigenvalue weighted by Crippen LogP contribution is 2.33. The van der Waals surface area contributed by atoms with Crippen molar-refractivity contribution >= 4 is 9.28 Å². The van der Waals surface area contributed by atoms with Crippen LogP contribution in [0.3, 0.4) is 0 Å². The van der Waals surface area contributed by atoms with E-state index < -0.39 is 9.28 Å². The number of rotatable bonds is 5. The Hall–Kier alpha value is -0.283. The van der Waals surface area contributed by atoms with Gasteiger partial charge in [-0.1, -0.05) is 25.7 Å². The molecule has 0 N–H and O–H groups in total. The molecule has 2 nitrogen and oxygen atoms in total. The molecule has 0 heterocycles. The van der Waals surface area contributed by atoms with Crippen LogP contribution in [0.25, 0.3) is 0 Å². The zero-order valence-corrected chi connectivity index (χ0v) is 11.5. The van der Waals surface area contributed by atoms with Gasteiger partial charge in [0, 0.05) is 12.7 Å². The SMILES string of the molecule is CO[SiH](OC=CC1CCCC1)C1CCCC1. The van der Waals surface area contributed by atoms with Gasteiger partial charge >= 0.3 is 9.28 Å². The molecule has 0 amide bonds. The second-order valence-corrected chi connectivity index (χ2v) is 7.58. The molecule has 92 valence electrons. The smallest absolute Gasteiger partial charge is 0.384 e. The van der Waals surface area contributed by atoms with Gasteiger partial charge in [-0.2, -0.15) is 0 Å². The molecular weight excluding hydrogens is 216 g/mol. The van der Waals surface area contributed by atoms with Crippen LogP contribution in [0, 0.1) is 5.92 Å². The Morgan fingerprint density at radius 2 is 1.62 bits per heavy atom. The van der Waals surface area contributed by atoms with E-state index in [0.29, 0.717) is 0 Å². The Morgan fingerprint density at radius 3 is 2.25 bits per heavy atom. The zero-order valence-electron chi connectivity index (χ0n) is 10.4. The molecule has 0 spiro atoms. The highest BCUT2D eigenvalue weighted by atomic mass is 28.3. The predicted octanol–water partition coefficient (Wildman–Crippen LogP) is 3.52. The van der Waals surface area contributed by atoms with E-state index in [1.165, 1.54) is 51.4 Å². The van der Waals surface area contributed by atoms with E-state index >= 15 is 0 Å². The van der Waals surface area contributed by atoms with Crippen LogP contribution < -0.4 is 0 Å². The average molecular weight is 240 g/mol. The van der Waals surface area contributed by atoms with Gasteiger partial charge in [0.1, 0.15) is 0 Å². The predicted molar refractivity (Wildman–Crippen MR) is 68.6 cm³/mol. The first-order chi connectivity index (χ1) is 7.90. The lowest BCUT2D eigenvalue weighted by Crippen LogP contribution is -2.24. The van der Waals surface area contributed by atoms with Gasteiger partial charge in [0.2, 0.25) is 0 Å². The van der Waals surface area contributed by atoms with Crippen molar-refractivity contribution in [3.05, 3.63) is 12.3 Å². The minimum Gasteiger partial charge on any atom is -0.529 e. The minimum absolute atomic E-state index is 0.748. The molecule has 2 aliphatic rings. The van der Waals surface area contributed by atoms with E-state index in [2.05, 4.69) is 6.08 Å². The second-order valence-electron chi connectivity index (χ2n) is 5.16. The van der Waals surface area contributed by atoms with Crippen LogP contribution in [-0.4, -0.2) is 16.4 Å². The van der Waals surface area contributed by atoms with Crippen molar-refractivity contribution in [1.82, 2.24) is 0 Å². The molecule has 0 radical (unpaired) electrons. The van der Waals surface area contributed by atoms with Gasteiger partial charge in [0.15, 0.2) is 0 Å². The van der Waals surface area contributed by atoms with E-state index in [-0.39, 0.29) is 0 Å². The van der Waals surface area contributed by atoms with Gasteiger partial charge in [-0.3, -0.25) is 0 Å². The molecule has 2 aliphatic carbocycles. The Bertz CT molecular complexity index is 218. The quantitative estimate of drug-likeness (QED) is 0.541. The number of hydrogen-bond acceptors (Lipinski definition) is 2. The summed E-state index contributed by atoms with van der Waals surface area (Å²) in [6.07, 6.45) is 15.1. The molecule has 0 saturated heterocycles. The van der Waals surface area contributed by atoms with Crippen molar-refractivity contribution in [2.24, 2.45) is 5.92 Å². The zero-order chi connectivity index (χ0) is 11.2. The standard InChI is InChI=1S/C13H24O2Si/c1-14-16(13-8-4-5-9-13)15-11-10-12-6-2-3-7-12/h10-13,16H,2-9H2,1H3. The molecule has 0 aromatic rings. The highest BCUT2D eigenvalue weighted by molar-refractivity contribution is 6.46. The van der Waals surface area contributed by atoms with E-state index in [1.54, 1.807) is 0 Å². The maximum absolute atomic E-state index is 5.87. The van der Waals surface area contributed by atoms with Crippen molar-refractivity contribution in [3.63, 3.8) is 0 Å². The maximum Gasteiger partial charge on any atom is 0.384 e. The van der Waals surface area contributed by atoms with Crippen molar-refractivity contribution in [1.29, 1.82) is 0 Å². The molecule has 3 heteroatoms. The lowest BCUT2D eigenvalue weighted by molar-refractivity contribution is 0.290. The molecule has 1 atom stereocenters. The van der Waals surface area contributed by atoms with Crippen LogP contribution >= 0.6 is 0 Å². The average Bonchev–Trinajstić information content (AvgIpc) is 2.96. The Labute approximate surface area is 101 Å². The third-order valence-corrected chi connectivity index (χ3v) is 6.31. The summed E-state index contributed by atoms with van der Waals surface area (Å²) < 4.78 is 11.4. The summed E-state index contributed by atoms with van der Waals surface area (Å²) in [5.74, 6) is 0.773. The largest absolute Gasteiger partial charge is 0.529 e. The van der Waals surface area contributed by atoms with Gasteiger partial charge in [0.25, 0.3) is 0 Å². The van der Waals surface area contributed by atoms with E-state index in [4.69, 9.17) is 8.85 Å². The molecule has 1 unspecified atom stereocenters. The molecule has 2 rings (SSSR count). The first kappa shape index (κ1) is 12.2. The Morgan fingerprint density at radius 1 is 1.00 bits per heavy atom. The summed E-state index contributed by atoms with van der Waals surface area (Å²) in [7, 11) is 0.405. The van der Waals surface area contributed by atoms with Gasteiger partial charge in [0.05, 0.1) is 6.26 Å². The van der Waals surface area contributed by atoms with Crippen molar-refractivity contribution < 1.29 is 8.85 Å². The summed E-state index contributed by atoms with van der Waals surface area (Å²) in [5, 5.41) is 0. The monoisotopic (exact) mass is 240 g/mol. The van der Waals surface area contributed by atoms with E-state index in [9.17, 15) is 0 Å². The fourth-order valence-corrected chi connectivity index (χ4v) is 4.95. The molecular formula is C13H24O2Si. The highest BCUT2D eigenvalue weighted by Gasteiger charge is 2.28. The first-order valence-electron chi connectivity index (χ1n) is 6.75. The molecule has 0 aromatic carbocycles. The maximum atomic E-state index is 5.87. The van der Waals surface area contributed by atoms with Crippen molar-refractivity contribution in [2.75, 3.05) is 7.11 Å². The van der Waals surface area contributed by atoms with E-state index in [0.717, 1.165) is 11.5 Å². The van der Waals surface area contributed by atoms with Crippen LogP contribution in [-0.2, 0) is 8.85 Å². The molecule has 0 aromatic heterocycles. The van der Waals surface area contributed by atoms with Crippen LogP contribution in [0.2, 0.25) is 5.54 Å². The lowest BCUT2D eigenvalue weighted by Gasteiger charge is -2.18. The minimum atomic E-state index is -1.41. The topological polar surface area (TPSA) is 18.5 Å². The summed E-state index contributed by atoms with van der Waals surface area (Å²) in [6, 6.07) is 0. The normalized spacial score (nSPS) is 25.6. The Kier molecular flexibility index (Phi) is 4.91. The fourth-order valence-electron chi connectivity index (χ4n) is 2.97. The first-order valence-corrected chi connectivity index (χ1v) is 8.36. The third kappa shape index (κ3) is 3.35. The van der Waals surface area contributed by atoms with E-state index in [1.807, 2.05) is 13.4 Å². The van der Waals surface area contributed by atoms with Gasteiger partial charge in [-0.15, -0.1) is 0 Å². The molecule has 0 aliphatic heterocycles. The molecule has 2 fully saturated rings. The molecule has 0 bridgehead atoms. The third-order valence-electron chi connectivity index (χ3n) is 3.98. The number of allylic oxidation sites excluding steroid dienone is 1. The number of hydrogen-bond donors (Lipinski definition) is 0. The molecule has 16 heavy (non-hydrogen) atoms. The van der Waals surface area contributed by atoms with Crippen molar-refractivity contribution in [3.8, 4) is 0 Å². The van der Waals surface area contributed by atoms with Gasteiger partial charge < -0.3 is 8.85 Å². The van der Waals surface area contributed by atoms with Crippen LogP contribution in [0.4, 0.5) is 0 Å². The summed E-state index contributed by atoms with van der Waals surface area (Å²) >= 11 is 0. The Balaban J connectivity index is 1.73. The van der Waals surface area contributed by atoms with Gasteiger partial charge in [-0.25, -0.2) is 0 Å². The van der Waals surface area contributed by atoms with Crippen LogP contribution in [0.15, 0.2) is 12.3 Å².